The minimum atomic E-state index is -0.0719. The molecule has 2 amide bonds. The van der Waals surface area contributed by atoms with Crippen molar-refractivity contribution in [3.05, 3.63) is 18.0 Å². The van der Waals surface area contributed by atoms with Crippen molar-refractivity contribution in [1.82, 2.24) is 25.3 Å². The van der Waals surface area contributed by atoms with Crippen LogP contribution in [-0.4, -0.2) is 58.7 Å². The molecule has 1 aromatic rings. The Bertz CT molecular complexity index is 688. The quantitative estimate of drug-likeness (QED) is 0.788. The highest BCUT2D eigenvalue weighted by Crippen LogP contribution is 2.29. The molecule has 2 N–H and O–H groups in total. The summed E-state index contributed by atoms with van der Waals surface area (Å²) in [4.78, 5) is 27.6. The molecule has 1 saturated carbocycles. The first-order valence-electron chi connectivity index (χ1n) is 10.4. The largest absolute Gasteiger partial charge is 0.351 e. The lowest BCUT2D eigenvalue weighted by Gasteiger charge is -2.26. The first-order chi connectivity index (χ1) is 13.1. The molecule has 2 saturated heterocycles. The van der Waals surface area contributed by atoms with E-state index in [1.807, 2.05) is 24.3 Å². The summed E-state index contributed by atoms with van der Waals surface area (Å²) < 4.78 is 1.79. The van der Waals surface area contributed by atoms with Crippen LogP contribution in [0, 0.1) is 11.8 Å². The minimum Gasteiger partial charge on any atom is -0.351 e. The zero-order chi connectivity index (χ0) is 18.8. The number of carbonyl (C=O) groups is 2. The number of hydrogen-bond acceptors (Lipinski definition) is 4. The van der Waals surface area contributed by atoms with E-state index in [0.717, 1.165) is 37.9 Å². The Kier molecular flexibility index (Phi) is 6.99. The number of hydrogen-bond donors (Lipinski definition) is 2. The Balaban J connectivity index is 0.00000225. The van der Waals surface area contributed by atoms with Crippen LogP contribution < -0.4 is 10.6 Å². The number of halogens is 1. The highest BCUT2D eigenvalue weighted by atomic mass is 35.5. The van der Waals surface area contributed by atoms with E-state index in [9.17, 15) is 9.59 Å². The molecular weight excluding hydrogens is 378 g/mol. The molecule has 0 bridgehead atoms. The molecule has 0 radical (unpaired) electrons. The van der Waals surface area contributed by atoms with E-state index in [4.69, 9.17) is 0 Å². The molecule has 156 valence electrons. The van der Waals surface area contributed by atoms with E-state index in [-0.39, 0.29) is 42.1 Å². The van der Waals surface area contributed by atoms with Crippen LogP contribution >= 0.6 is 12.4 Å². The fourth-order valence-corrected chi connectivity index (χ4v) is 4.93. The fourth-order valence-electron chi connectivity index (χ4n) is 4.93. The predicted molar refractivity (Wildman–Crippen MR) is 109 cm³/mol. The molecule has 1 aliphatic carbocycles. The van der Waals surface area contributed by atoms with E-state index >= 15 is 0 Å². The van der Waals surface area contributed by atoms with Crippen molar-refractivity contribution < 1.29 is 9.59 Å². The van der Waals surface area contributed by atoms with Crippen molar-refractivity contribution in [2.75, 3.05) is 26.2 Å². The Morgan fingerprint density at radius 3 is 2.68 bits per heavy atom. The van der Waals surface area contributed by atoms with Crippen LogP contribution in [0.25, 0.3) is 0 Å². The summed E-state index contributed by atoms with van der Waals surface area (Å²) >= 11 is 0. The summed E-state index contributed by atoms with van der Waals surface area (Å²) in [5, 5.41) is 10.8. The van der Waals surface area contributed by atoms with Gasteiger partial charge in [0, 0.05) is 57.3 Å². The van der Waals surface area contributed by atoms with Gasteiger partial charge in [0.1, 0.15) is 0 Å². The zero-order valence-corrected chi connectivity index (χ0v) is 17.4. The first-order valence-corrected chi connectivity index (χ1v) is 10.4. The van der Waals surface area contributed by atoms with E-state index in [1.165, 1.54) is 19.3 Å². The summed E-state index contributed by atoms with van der Waals surface area (Å²) in [6.45, 7) is 2.94. The molecule has 1 aromatic heterocycles. The molecule has 4 rings (SSSR count). The maximum absolute atomic E-state index is 12.9. The summed E-state index contributed by atoms with van der Waals surface area (Å²) in [6, 6.07) is 0.0835. The lowest BCUT2D eigenvalue weighted by atomic mass is 9.88. The van der Waals surface area contributed by atoms with Gasteiger partial charge < -0.3 is 15.5 Å². The molecule has 1 unspecified atom stereocenters. The number of nitrogens with zero attached hydrogens (tertiary/aromatic N) is 3. The van der Waals surface area contributed by atoms with Crippen molar-refractivity contribution in [2.24, 2.45) is 18.9 Å². The number of likely N-dealkylation sites (tertiary alicyclic amines) is 1. The molecule has 3 heterocycles. The molecule has 3 atom stereocenters. The van der Waals surface area contributed by atoms with Crippen LogP contribution in [0.3, 0.4) is 0 Å². The molecule has 3 fully saturated rings. The number of rotatable bonds is 4. The fraction of sp³-hybridized carbons (Fsp3) is 0.750. The average Bonchev–Trinajstić information content (AvgIpc) is 3.42. The van der Waals surface area contributed by atoms with Gasteiger partial charge in [-0.3, -0.25) is 14.3 Å². The lowest BCUT2D eigenvalue weighted by molar-refractivity contribution is -0.135. The smallest absolute Gasteiger partial charge is 0.225 e. The molecule has 7 nitrogen and oxygen atoms in total. The van der Waals surface area contributed by atoms with Crippen LogP contribution in [0.4, 0.5) is 0 Å². The number of aromatic nitrogens is 2. The summed E-state index contributed by atoms with van der Waals surface area (Å²) in [5.74, 6) is 0.715. The lowest BCUT2D eigenvalue weighted by Crippen LogP contribution is -2.43. The van der Waals surface area contributed by atoms with Gasteiger partial charge in [-0.05, 0) is 24.8 Å². The van der Waals surface area contributed by atoms with Gasteiger partial charge in [-0.1, -0.05) is 19.3 Å². The highest BCUT2D eigenvalue weighted by molar-refractivity contribution is 5.85. The normalized spacial score (nSPS) is 28.2. The SMILES string of the molecule is Cl.Cn1cc([C@H]2CNC[C@@H]2C(=O)NC2CCN(C(=O)C3CCCCC3)C2)cn1. The number of amides is 2. The summed E-state index contributed by atoms with van der Waals surface area (Å²) in [6.07, 6.45) is 10.4. The van der Waals surface area contributed by atoms with Gasteiger partial charge >= 0.3 is 0 Å². The number of aryl methyl sites for hydroxylation is 1. The van der Waals surface area contributed by atoms with Gasteiger partial charge in [-0.25, -0.2) is 0 Å². The number of nitrogens with one attached hydrogen (secondary N) is 2. The van der Waals surface area contributed by atoms with Gasteiger partial charge in [0.15, 0.2) is 0 Å². The summed E-state index contributed by atoms with van der Waals surface area (Å²) in [7, 11) is 1.90. The Labute approximate surface area is 173 Å². The molecule has 3 aliphatic rings. The topological polar surface area (TPSA) is 79.3 Å². The maximum Gasteiger partial charge on any atom is 0.225 e. The zero-order valence-electron chi connectivity index (χ0n) is 16.6. The van der Waals surface area contributed by atoms with E-state index in [2.05, 4.69) is 15.7 Å². The van der Waals surface area contributed by atoms with Crippen LogP contribution in [0.2, 0.25) is 0 Å². The Morgan fingerprint density at radius 1 is 1.18 bits per heavy atom. The van der Waals surface area contributed by atoms with E-state index in [1.54, 1.807) is 4.68 Å². The van der Waals surface area contributed by atoms with E-state index < -0.39 is 0 Å². The van der Waals surface area contributed by atoms with Crippen LogP contribution in [0.15, 0.2) is 12.4 Å². The maximum atomic E-state index is 12.9. The minimum absolute atomic E-state index is 0. The van der Waals surface area contributed by atoms with Gasteiger partial charge in [0.2, 0.25) is 11.8 Å². The van der Waals surface area contributed by atoms with Crippen LogP contribution in [-0.2, 0) is 16.6 Å². The van der Waals surface area contributed by atoms with Crippen molar-refractivity contribution in [3.8, 4) is 0 Å². The second kappa shape index (κ2) is 9.27. The molecule has 8 heteroatoms. The van der Waals surface area contributed by atoms with Crippen molar-refractivity contribution >= 4 is 24.2 Å². The molecule has 2 aliphatic heterocycles. The average molecular weight is 410 g/mol. The second-order valence-electron chi connectivity index (χ2n) is 8.43. The Morgan fingerprint density at radius 2 is 1.96 bits per heavy atom. The van der Waals surface area contributed by atoms with Crippen molar-refractivity contribution in [2.45, 2.75) is 50.5 Å². The van der Waals surface area contributed by atoms with Gasteiger partial charge in [-0.15, -0.1) is 12.4 Å². The second-order valence-corrected chi connectivity index (χ2v) is 8.43. The predicted octanol–water partition coefficient (Wildman–Crippen LogP) is 1.44. The van der Waals surface area contributed by atoms with Gasteiger partial charge in [0.05, 0.1) is 12.1 Å². The third-order valence-electron chi connectivity index (χ3n) is 6.50. The van der Waals surface area contributed by atoms with Crippen LogP contribution in [0.5, 0.6) is 0 Å². The molecule has 0 spiro atoms. The summed E-state index contributed by atoms with van der Waals surface area (Å²) in [5.41, 5.74) is 1.11. The van der Waals surface area contributed by atoms with Crippen molar-refractivity contribution in [3.63, 3.8) is 0 Å². The van der Waals surface area contributed by atoms with E-state index in [0.29, 0.717) is 19.0 Å². The van der Waals surface area contributed by atoms with Gasteiger partial charge in [0.25, 0.3) is 0 Å². The third kappa shape index (κ3) is 4.51. The van der Waals surface area contributed by atoms with Crippen molar-refractivity contribution in [1.29, 1.82) is 0 Å². The monoisotopic (exact) mass is 409 g/mol. The third-order valence-corrected chi connectivity index (χ3v) is 6.50. The highest BCUT2D eigenvalue weighted by Gasteiger charge is 2.37. The molecule has 0 aromatic carbocycles. The Hall–Kier alpha value is -1.60. The number of carbonyl (C=O) groups excluding carboxylic acids is 2. The molecular formula is C20H32ClN5O2. The standard InChI is InChI=1S/C20H31N5O2.ClH/c1-24-12-15(9-22-24)17-10-21-11-18(17)19(26)23-16-7-8-25(13-16)20(27)14-5-3-2-4-6-14;/h9,12,14,16-18,21H,2-8,10-11,13H2,1H3,(H,23,26);1H/t16?,17-,18+;/m1./s1. The first kappa shape index (κ1) is 21.1. The molecule has 28 heavy (non-hydrogen) atoms. The van der Waals surface area contributed by atoms with Crippen LogP contribution in [0.1, 0.15) is 50.0 Å². The van der Waals surface area contributed by atoms with Gasteiger partial charge in [-0.2, -0.15) is 5.10 Å².